The fraction of sp³-hybridized carbons (Fsp3) is 0.160. The highest BCUT2D eigenvalue weighted by atomic mass is 32.2. The highest BCUT2D eigenvalue weighted by molar-refractivity contribution is 8.00. The molecule has 1 amide bonds. The van der Waals surface area contributed by atoms with Gasteiger partial charge in [0.2, 0.25) is 5.91 Å². The number of halogens is 1. The van der Waals surface area contributed by atoms with Crippen molar-refractivity contribution in [1.82, 2.24) is 4.57 Å². The number of nitrogens with zero attached hydrogens (tertiary/aromatic N) is 1. The molecule has 0 radical (unpaired) electrons. The van der Waals surface area contributed by atoms with E-state index in [0.717, 1.165) is 22.3 Å². The van der Waals surface area contributed by atoms with Crippen molar-refractivity contribution in [2.24, 2.45) is 0 Å². The summed E-state index contributed by atoms with van der Waals surface area (Å²) >= 11 is 1.51. The first kappa shape index (κ1) is 20.2. The average molecular weight is 419 g/mol. The predicted octanol–water partition coefficient (Wildman–Crippen LogP) is 6.18. The summed E-state index contributed by atoms with van der Waals surface area (Å²) in [4.78, 5) is 13.4. The largest absolute Gasteiger partial charge is 0.342 e. The molecule has 1 heterocycles. The van der Waals surface area contributed by atoms with Crippen molar-refractivity contribution in [3.05, 3.63) is 95.4 Å². The Labute approximate surface area is 179 Å². The van der Waals surface area contributed by atoms with Gasteiger partial charge in [-0.1, -0.05) is 42.0 Å². The van der Waals surface area contributed by atoms with Gasteiger partial charge in [0.1, 0.15) is 5.82 Å². The van der Waals surface area contributed by atoms with Gasteiger partial charge in [-0.25, -0.2) is 4.39 Å². The van der Waals surface area contributed by atoms with Crippen LogP contribution in [0.2, 0.25) is 0 Å². The van der Waals surface area contributed by atoms with Crippen LogP contribution in [0.4, 0.5) is 10.1 Å². The molecule has 4 aromatic rings. The summed E-state index contributed by atoms with van der Waals surface area (Å²) in [6, 6.07) is 20.6. The molecule has 0 aliphatic carbocycles. The van der Waals surface area contributed by atoms with E-state index in [1.165, 1.54) is 40.6 Å². The van der Waals surface area contributed by atoms with Crippen molar-refractivity contribution in [1.29, 1.82) is 0 Å². The first-order valence-corrected chi connectivity index (χ1v) is 10.8. The molecule has 0 unspecified atom stereocenters. The molecule has 4 rings (SSSR count). The smallest absolute Gasteiger partial charge is 0.234 e. The number of thioether (sulfide) groups is 1. The van der Waals surface area contributed by atoms with Crippen molar-refractivity contribution in [3.63, 3.8) is 0 Å². The van der Waals surface area contributed by atoms with Crippen LogP contribution in [0.1, 0.15) is 16.7 Å². The van der Waals surface area contributed by atoms with Gasteiger partial charge in [-0.2, -0.15) is 0 Å². The van der Waals surface area contributed by atoms with E-state index in [-0.39, 0.29) is 17.5 Å². The Morgan fingerprint density at radius 2 is 1.80 bits per heavy atom. The molecular formula is C25H23FN2OS. The topological polar surface area (TPSA) is 34.0 Å². The van der Waals surface area contributed by atoms with Crippen molar-refractivity contribution in [3.8, 4) is 0 Å². The Morgan fingerprint density at radius 3 is 2.60 bits per heavy atom. The zero-order valence-electron chi connectivity index (χ0n) is 17.0. The maximum Gasteiger partial charge on any atom is 0.234 e. The van der Waals surface area contributed by atoms with Crippen molar-refractivity contribution in [2.75, 3.05) is 11.1 Å². The summed E-state index contributed by atoms with van der Waals surface area (Å²) < 4.78 is 15.3. The Kier molecular flexibility index (Phi) is 5.91. The number of carbonyl (C=O) groups excluding carboxylic acids is 1. The van der Waals surface area contributed by atoms with E-state index in [1.807, 2.05) is 12.1 Å². The minimum atomic E-state index is -0.320. The third-order valence-corrected chi connectivity index (χ3v) is 6.13. The van der Waals surface area contributed by atoms with Crippen LogP contribution in [-0.4, -0.2) is 16.2 Å². The normalized spacial score (nSPS) is 11.0. The molecule has 1 N–H and O–H groups in total. The van der Waals surface area contributed by atoms with Gasteiger partial charge in [0.05, 0.1) is 5.75 Å². The fourth-order valence-electron chi connectivity index (χ4n) is 3.49. The lowest BCUT2D eigenvalue weighted by molar-refractivity contribution is -0.113. The first-order valence-electron chi connectivity index (χ1n) is 9.82. The third kappa shape index (κ3) is 4.57. The van der Waals surface area contributed by atoms with Gasteiger partial charge < -0.3 is 9.88 Å². The lowest BCUT2D eigenvalue weighted by atomic mass is 10.1. The van der Waals surface area contributed by atoms with E-state index in [1.54, 1.807) is 12.1 Å². The number of benzene rings is 3. The molecule has 0 aliphatic heterocycles. The maximum atomic E-state index is 13.0. The second kappa shape index (κ2) is 8.76. The fourth-order valence-corrected chi connectivity index (χ4v) is 4.38. The Bertz CT molecular complexity index is 1200. The molecule has 3 aromatic carbocycles. The summed E-state index contributed by atoms with van der Waals surface area (Å²) in [5.41, 5.74) is 5.56. The lowest BCUT2D eigenvalue weighted by Crippen LogP contribution is -2.13. The van der Waals surface area contributed by atoms with Crippen LogP contribution in [0.25, 0.3) is 10.9 Å². The molecule has 5 heteroatoms. The first-order chi connectivity index (χ1) is 14.5. The number of para-hydroxylation sites is 1. The molecule has 0 saturated carbocycles. The van der Waals surface area contributed by atoms with Gasteiger partial charge in [0.15, 0.2) is 0 Å². The average Bonchev–Trinajstić information content (AvgIpc) is 3.09. The summed E-state index contributed by atoms with van der Waals surface area (Å²) in [6.45, 7) is 5.03. The monoisotopic (exact) mass is 418 g/mol. The molecular weight excluding hydrogens is 395 g/mol. The Morgan fingerprint density at radius 1 is 1.03 bits per heavy atom. The van der Waals surface area contributed by atoms with Gasteiger partial charge in [-0.05, 0) is 55.3 Å². The van der Waals surface area contributed by atoms with Crippen molar-refractivity contribution < 1.29 is 9.18 Å². The van der Waals surface area contributed by atoms with Crippen LogP contribution in [-0.2, 0) is 11.3 Å². The maximum absolute atomic E-state index is 13.0. The Hall–Kier alpha value is -3.05. The molecule has 0 bridgehead atoms. The summed E-state index contributed by atoms with van der Waals surface area (Å²) in [6.07, 6.45) is 2.13. The number of aromatic nitrogens is 1. The second-order valence-corrected chi connectivity index (χ2v) is 8.43. The van der Waals surface area contributed by atoms with Crippen molar-refractivity contribution >= 4 is 34.3 Å². The van der Waals surface area contributed by atoms with Gasteiger partial charge >= 0.3 is 0 Å². The number of fused-ring (bicyclic) bond motifs is 1. The van der Waals surface area contributed by atoms with Gasteiger partial charge in [0.25, 0.3) is 0 Å². The van der Waals surface area contributed by atoms with Gasteiger partial charge in [-0.3, -0.25) is 4.79 Å². The zero-order chi connectivity index (χ0) is 21.1. The molecule has 152 valence electrons. The number of nitrogens with one attached hydrogen (secondary N) is 1. The van der Waals surface area contributed by atoms with Crippen LogP contribution < -0.4 is 5.32 Å². The second-order valence-electron chi connectivity index (χ2n) is 7.41. The minimum Gasteiger partial charge on any atom is -0.342 e. The number of amides is 1. The molecule has 1 aromatic heterocycles. The lowest BCUT2D eigenvalue weighted by Gasteiger charge is -2.09. The van der Waals surface area contributed by atoms with Crippen molar-refractivity contribution in [2.45, 2.75) is 25.3 Å². The molecule has 0 atom stereocenters. The van der Waals surface area contributed by atoms with Crippen LogP contribution in [0, 0.1) is 19.7 Å². The van der Waals surface area contributed by atoms with Gasteiger partial charge in [0, 0.05) is 34.2 Å². The van der Waals surface area contributed by atoms with Crippen LogP contribution in [0.3, 0.4) is 0 Å². The summed E-state index contributed by atoms with van der Waals surface area (Å²) in [5, 5.41) is 3.96. The van der Waals surface area contributed by atoms with E-state index in [2.05, 4.69) is 60.3 Å². The Balaban J connectivity index is 1.52. The van der Waals surface area contributed by atoms with Gasteiger partial charge in [-0.15, -0.1) is 11.8 Å². The highest BCUT2D eigenvalue weighted by Crippen LogP contribution is 2.31. The third-order valence-electron chi connectivity index (χ3n) is 5.08. The number of anilines is 1. The highest BCUT2D eigenvalue weighted by Gasteiger charge is 2.12. The number of rotatable bonds is 6. The van der Waals surface area contributed by atoms with E-state index in [4.69, 9.17) is 0 Å². The SMILES string of the molecule is Cc1ccc(C)c(Cn2cc(SCC(=O)Nc3ccc(F)cc3)c3ccccc32)c1. The van der Waals surface area contributed by atoms with E-state index >= 15 is 0 Å². The van der Waals surface area contributed by atoms with Crippen LogP contribution in [0.5, 0.6) is 0 Å². The summed E-state index contributed by atoms with van der Waals surface area (Å²) in [7, 11) is 0. The number of hydrogen-bond acceptors (Lipinski definition) is 2. The minimum absolute atomic E-state index is 0.113. The molecule has 0 saturated heterocycles. The number of aryl methyl sites for hydroxylation is 2. The molecule has 0 fully saturated rings. The zero-order valence-corrected chi connectivity index (χ0v) is 17.8. The quantitative estimate of drug-likeness (QED) is 0.380. The molecule has 0 spiro atoms. The molecule has 3 nitrogen and oxygen atoms in total. The van der Waals surface area contributed by atoms with E-state index < -0.39 is 0 Å². The van der Waals surface area contributed by atoms with Crippen LogP contribution in [0.15, 0.2) is 77.8 Å². The number of hydrogen-bond donors (Lipinski definition) is 1. The van der Waals surface area contributed by atoms with E-state index in [0.29, 0.717) is 5.69 Å². The predicted molar refractivity (Wildman–Crippen MR) is 123 cm³/mol. The standard InChI is InChI=1S/C25H23FN2OS/c1-17-7-8-18(2)19(13-17)14-28-15-24(22-5-3-4-6-23(22)28)30-16-25(29)27-21-11-9-20(26)10-12-21/h3-13,15H,14,16H2,1-2H3,(H,27,29). The van der Waals surface area contributed by atoms with E-state index in [9.17, 15) is 9.18 Å². The molecule has 0 aliphatic rings. The van der Waals surface area contributed by atoms with Crippen LogP contribution >= 0.6 is 11.8 Å². The molecule has 30 heavy (non-hydrogen) atoms. The number of carbonyl (C=O) groups is 1. The summed E-state index contributed by atoms with van der Waals surface area (Å²) in [5.74, 6) is -0.147.